The molecule has 0 radical (unpaired) electrons. The maximum absolute atomic E-state index is 6.49. The van der Waals surface area contributed by atoms with Gasteiger partial charge in [-0.1, -0.05) is 25.1 Å². The van der Waals surface area contributed by atoms with Crippen LogP contribution in [0, 0.1) is 19.8 Å². The lowest BCUT2D eigenvalue weighted by Crippen LogP contribution is -2.33. The Morgan fingerprint density at radius 3 is 2.53 bits per heavy atom. The first-order valence-corrected chi connectivity index (χ1v) is 5.88. The van der Waals surface area contributed by atoms with Gasteiger partial charge in [0.15, 0.2) is 0 Å². The molecule has 1 aliphatic carbocycles. The van der Waals surface area contributed by atoms with E-state index < -0.39 is 0 Å². The lowest BCUT2D eigenvalue weighted by molar-refractivity contribution is 0.440. The molecule has 2 atom stereocenters. The fourth-order valence-corrected chi connectivity index (χ4v) is 2.64. The van der Waals surface area contributed by atoms with Gasteiger partial charge in [-0.2, -0.15) is 0 Å². The van der Waals surface area contributed by atoms with Crippen molar-refractivity contribution in [1.29, 1.82) is 0 Å². The van der Waals surface area contributed by atoms with E-state index in [1.807, 2.05) is 0 Å². The van der Waals surface area contributed by atoms with Gasteiger partial charge in [0.05, 0.1) is 0 Å². The lowest BCUT2D eigenvalue weighted by Gasteiger charge is -2.25. The van der Waals surface area contributed by atoms with Crippen molar-refractivity contribution >= 4 is 0 Å². The Labute approximate surface area is 92.7 Å². The van der Waals surface area contributed by atoms with Crippen LogP contribution in [-0.2, 0) is 5.54 Å². The van der Waals surface area contributed by atoms with Crippen molar-refractivity contribution in [3.8, 4) is 0 Å². The van der Waals surface area contributed by atoms with Gasteiger partial charge >= 0.3 is 0 Å². The maximum Gasteiger partial charge on any atom is 0.0412 e. The summed E-state index contributed by atoms with van der Waals surface area (Å²) in [7, 11) is 0. The Balaban J connectivity index is 2.33. The molecule has 2 unspecified atom stereocenters. The summed E-state index contributed by atoms with van der Waals surface area (Å²) >= 11 is 0. The second kappa shape index (κ2) is 3.64. The first-order valence-electron chi connectivity index (χ1n) is 5.88. The van der Waals surface area contributed by atoms with Gasteiger partial charge in [0.1, 0.15) is 0 Å². The largest absolute Gasteiger partial charge is 0.321 e. The summed E-state index contributed by atoms with van der Waals surface area (Å²) in [5, 5.41) is 0. The van der Waals surface area contributed by atoms with Crippen molar-refractivity contribution in [3.05, 3.63) is 34.9 Å². The summed E-state index contributed by atoms with van der Waals surface area (Å²) in [6.07, 6.45) is 3.54. The molecule has 0 aliphatic heterocycles. The number of nitrogens with two attached hydrogens (primary N) is 1. The number of hydrogen-bond donors (Lipinski definition) is 1. The van der Waals surface area contributed by atoms with E-state index in [-0.39, 0.29) is 5.54 Å². The van der Waals surface area contributed by atoms with Crippen molar-refractivity contribution < 1.29 is 0 Å². The molecule has 0 amide bonds. The maximum atomic E-state index is 6.49. The molecular weight excluding hydrogens is 182 g/mol. The molecule has 1 aliphatic rings. The summed E-state index contributed by atoms with van der Waals surface area (Å²) in [5.41, 5.74) is 10.5. The van der Waals surface area contributed by atoms with Gasteiger partial charge in [-0.15, -0.1) is 0 Å². The molecule has 2 rings (SSSR count). The van der Waals surface area contributed by atoms with Crippen molar-refractivity contribution in [2.24, 2.45) is 11.7 Å². The van der Waals surface area contributed by atoms with Crippen LogP contribution in [0.4, 0.5) is 0 Å². The van der Waals surface area contributed by atoms with Crippen LogP contribution in [-0.4, -0.2) is 0 Å². The van der Waals surface area contributed by atoms with Gasteiger partial charge in [0, 0.05) is 5.54 Å². The molecule has 15 heavy (non-hydrogen) atoms. The SMILES string of the molecule is Cc1ccc(C2(N)CCC(C)C2)cc1C. The smallest absolute Gasteiger partial charge is 0.0412 e. The van der Waals surface area contributed by atoms with Gasteiger partial charge < -0.3 is 5.73 Å². The van der Waals surface area contributed by atoms with Crippen LogP contribution >= 0.6 is 0 Å². The molecule has 0 bridgehead atoms. The average Bonchev–Trinajstić information content (AvgIpc) is 2.52. The van der Waals surface area contributed by atoms with Gasteiger partial charge in [-0.25, -0.2) is 0 Å². The van der Waals surface area contributed by atoms with Crippen molar-refractivity contribution in [3.63, 3.8) is 0 Å². The van der Waals surface area contributed by atoms with E-state index in [0.717, 1.165) is 18.8 Å². The monoisotopic (exact) mass is 203 g/mol. The zero-order valence-electron chi connectivity index (χ0n) is 10.0. The van der Waals surface area contributed by atoms with Crippen LogP contribution in [0.25, 0.3) is 0 Å². The topological polar surface area (TPSA) is 26.0 Å². The number of aryl methyl sites for hydroxylation is 2. The number of benzene rings is 1. The Kier molecular flexibility index (Phi) is 2.59. The predicted octanol–water partition coefficient (Wildman–Crippen LogP) is 3.28. The van der Waals surface area contributed by atoms with Crippen LogP contribution in [0.5, 0.6) is 0 Å². The Morgan fingerprint density at radius 2 is 2.00 bits per heavy atom. The second-order valence-electron chi connectivity index (χ2n) is 5.30. The first kappa shape index (κ1) is 10.7. The van der Waals surface area contributed by atoms with Crippen LogP contribution in [0.1, 0.15) is 42.9 Å². The van der Waals surface area contributed by atoms with E-state index >= 15 is 0 Å². The zero-order chi connectivity index (χ0) is 11.1. The third-order valence-electron chi connectivity index (χ3n) is 3.88. The Morgan fingerprint density at radius 1 is 1.27 bits per heavy atom. The molecule has 82 valence electrons. The summed E-state index contributed by atoms with van der Waals surface area (Å²) in [6.45, 7) is 6.62. The molecule has 1 aromatic carbocycles. The minimum atomic E-state index is -0.0577. The van der Waals surface area contributed by atoms with E-state index in [2.05, 4.69) is 39.0 Å². The van der Waals surface area contributed by atoms with Crippen LogP contribution in [0.3, 0.4) is 0 Å². The molecule has 0 heterocycles. The third kappa shape index (κ3) is 1.93. The van der Waals surface area contributed by atoms with Gasteiger partial charge in [0.25, 0.3) is 0 Å². The fraction of sp³-hybridized carbons (Fsp3) is 0.571. The van der Waals surface area contributed by atoms with Crippen molar-refractivity contribution in [2.75, 3.05) is 0 Å². The molecule has 2 N–H and O–H groups in total. The van der Waals surface area contributed by atoms with Crippen LogP contribution in [0.2, 0.25) is 0 Å². The predicted molar refractivity (Wildman–Crippen MR) is 64.8 cm³/mol. The minimum Gasteiger partial charge on any atom is -0.321 e. The van der Waals surface area contributed by atoms with Crippen LogP contribution in [0.15, 0.2) is 18.2 Å². The molecule has 1 nitrogen and oxygen atoms in total. The molecule has 1 saturated carbocycles. The molecule has 1 aromatic rings. The average molecular weight is 203 g/mol. The first-order chi connectivity index (χ1) is 7.01. The van der Waals surface area contributed by atoms with Crippen molar-refractivity contribution in [1.82, 2.24) is 0 Å². The summed E-state index contributed by atoms with van der Waals surface area (Å²) < 4.78 is 0. The standard InChI is InChI=1S/C14H21N/c1-10-6-7-14(15,9-10)13-5-4-11(2)12(3)8-13/h4-5,8,10H,6-7,9,15H2,1-3H3. The number of hydrogen-bond acceptors (Lipinski definition) is 1. The fourth-order valence-electron chi connectivity index (χ4n) is 2.64. The normalized spacial score (nSPS) is 30.8. The van der Waals surface area contributed by atoms with Crippen molar-refractivity contribution in [2.45, 2.75) is 45.6 Å². The molecule has 0 spiro atoms. The second-order valence-corrected chi connectivity index (χ2v) is 5.30. The van der Waals surface area contributed by atoms with Crippen LogP contribution < -0.4 is 5.73 Å². The van der Waals surface area contributed by atoms with E-state index in [0.29, 0.717) is 0 Å². The van der Waals surface area contributed by atoms with E-state index in [9.17, 15) is 0 Å². The van der Waals surface area contributed by atoms with E-state index in [1.54, 1.807) is 0 Å². The highest BCUT2D eigenvalue weighted by atomic mass is 14.8. The molecule has 0 saturated heterocycles. The highest BCUT2D eigenvalue weighted by Crippen LogP contribution is 2.40. The Hall–Kier alpha value is -0.820. The van der Waals surface area contributed by atoms with E-state index in [1.165, 1.54) is 23.1 Å². The number of rotatable bonds is 1. The lowest BCUT2D eigenvalue weighted by atomic mass is 9.87. The van der Waals surface area contributed by atoms with Gasteiger partial charge in [0.2, 0.25) is 0 Å². The summed E-state index contributed by atoms with van der Waals surface area (Å²) in [5.74, 6) is 0.775. The highest BCUT2D eigenvalue weighted by Gasteiger charge is 2.35. The quantitative estimate of drug-likeness (QED) is 0.744. The van der Waals surface area contributed by atoms with Gasteiger partial charge in [-0.3, -0.25) is 0 Å². The highest BCUT2D eigenvalue weighted by molar-refractivity contribution is 5.34. The Bertz CT molecular complexity index is 370. The molecule has 0 aromatic heterocycles. The third-order valence-corrected chi connectivity index (χ3v) is 3.88. The minimum absolute atomic E-state index is 0.0577. The van der Waals surface area contributed by atoms with Gasteiger partial charge in [-0.05, 0) is 55.7 Å². The van der Waals surface area contributed by atoms with E-state index in [4.69, 9.17) is 5.73 Å². The summed E-state index contributed by atoms with van der Waals surface area (Å²) in [6, 6.07) is 6.68. The summed E-state index contributed by atoms with van der Waals surface area (Å²) in [4.78, 5) is 0. The zero-order valence-corrected chi connectivity index (χ0v) is 10.0. The molecule has 1 fully saturated rings. The molecule has 1 heteroatoms. The molecular formula is C14H21N.